The number of thioether (sulfide) groups is 1. The first-order valence-electron chi connectivity index (χ1n) is 6.63. The zero-order valence-corrected chi connectivity index (χ0v) is 12.1. The van der Waals surface area contributed by atoms with Crippen LogP contribution in [0.4, 0.5) is 0 Å². The van der Waals surface area contributed by atoms with Crippen molar-refractivity contribution in [3.63, 3.8) is 0 Å². The second-order valence-electron chi connectivity index (χ2n) is 4.56. The number of aryl methyl sites for hydroxylation is 2. The third-order valence-electron chi connectivity index (χ3n) is 2.92. The van der Waals surface area contributed by atoms with Crippen LogP contribution in [0.25, 0.3) is 0 Å². The standard InChI is InChI=1S/C16H24S/c1-4-5-6-7-8-9-13-17-16-14(2)11-10-12-15(16)3/h9-13H,4-8H2,1-3H3. The predicted molar refractivity (Wildman–Crippen MR) is 79.7 cm³/mol. The Morgan fingerprint density at radius 3 is 2.41 bits per heavy atom. The molecule has 0 saturated heterocycles. The fourth-order valence-electron chi connectivity index (χ4n) is 1.86. The second kappa shape index (κ2) is 8.41. The molecule has 0 aliphatic carbocycles. The lowest BCUT2D eigenvalue weighted by Crippen LogP contribution is -1.82. The number of rotatable bonds is 7. The number of benzene rings is 1. The van der Waals surface area contributed by atoms with Gasteiger partial charge in [0, 0.05) is 4.90 Å². The molecule has 0 radical (unpaired) electrons. The van der Waals surface area contributed by atoms with Gasteiger partial charge in [-0.3, -0.25) is 0 Å². The summed E-state index contributed by atoms with van der Waals surface area (Å²) in [5.41, 5.74) is 2.76. The van der Waals surface area contributed by atoms with Crippen LogP contribution in [-0.2, 0) is 0 Å². The maximum absolute atomic E-state index is 2.31. The van der Waals surface area contributed by atoms with Gasteiger partial charge in [0.2, 0.25) is 0 Å². The van der Waals surface area contributed by atoms with E-state index in [0.717, 1.165) is 0 Å². The molecule has 1 aromatic rings. The fraction of sp³-hybridized carbons (Fsp3) is 0.500. The van der Waals surface area contributed by atoms with Crippen LogP contribution in [0.3, 0.4) is 0 Å². The predicted octanol–water partition coefficient (Wildman–Crippen LogP) is 5.88. The van der Waals surface area contributed by atoms with Crippen LogP contribution >= 0.6 is 11.8 Å². The molecule has 0 aromatic heterocycles. The van der Waals surface area contributed by atoms with Crippen LogP contribution in [0.15, 0.2) is 34.6 Å². The molecule has 0 saturated carbocycles. The van der Waals surface area contributed by atoms with Gasteiger partial charge in [0.1, 0.15) is 0 Å². The molecular weight excluding hydrogens is 224 g/mol. The van der Waals surface area contributed by atoms with E-state index in [-0.39, 0.29) is 0 Å². The van der Waals surface area contributed by atoms with Crippen LogP contribution < -0.4 is 0 Å². The van der Waals surface area contributed by atoms with E-state index in [1.807, 2.05) is 11.8 Å². The third-order valence-corrected chi connectivity index (χ3v) is 4.12. The minimum absolute atomic E-state index is 1.22. The summed E-state index contributed by atoms with van der Waals surface area (Å²) in [6.45, 7) is 6.63. The normalized spacial score (nSPS) is 11.2. The van der Waals surface area contributed by atoms with Crippen molar-refractivity contribution in [1.82, 2.24) is 0 Å². The molecule has 0 amide bonds. The first-order chi connectivity index (χ1) is 8.25. The molecule has 17 heavy (non-hydrogen) atoms. The van der Waals surface area contributed by atoms with E-state index in [0.29, 0.717) is 0 Å². The van der Waals surface area contributed by atoms with Crippen LogP contribution in [0.5, 0.6) is 0 Å². The molecular formula is C16H24S. The molecule has 1 rings (SSSR count). The Kier molecular flexibility index (Phi) is 7.11. The Bertz CT molecular complexity index is 332. The number of hydrogen-bond donors (Lipinski definition) is 0. The van der Waals surface area contributed by atoms with Gasteiger partial charge < -0.3 is 0 Å². The zero-order valence-electron chi connectivity index (χ0n) is 11.3. The zero-order chi connectivity index (χ0) is 12.5. The van der Waals surface area contributed by atoms with Crippen molar-refractivity contribution < 1.29 is 0 Å². The minimum atomic E-state index is 1.22. The Morgan fingerprint density at radius 1 is 1.06 bits per heavy atom. The molecule has 0 aliphatic rings. The van der Waals surface area contributed by atoms with E-state index < -0.39 is 0 Å². The molecule has 0 atom stereocenters. The SMILES string of the molecule is CCCCCCC=CSc1c(C)cccc1C. The molecule has 1 aromatic carbocycles. The van der Waals surface area contributed by atoms with Gasteiger partial charge in [-0.05, 0) is 43.2 Å². The quantitative estimate of drug-likeness (QED) is 0.429. The van der Waals surface area contributed by atoms with Gasteiger partial charge in [-0.1, -0.05) is 62.2 Å². The van der Waals surface area contributed by atoms with Crippen LogP contribution in [0.2, 0.25) is 0 Å². The summed E-state index contributed by atoms with van der Waals surface area (Å²) in [4.78, 5) is 1.41. The van der Waals surface area contributed by atoms with Crippen LogP contribution in [0, 0.1) is 13.8 Å². The Balaban J connectivity index is 2.32. The van der Waals surface area contributed by atoms with E-state index >= 15 is 0 Å². The van der Waals surface area contributed by atoms with Crippen molar-refractivity contribution in [1.29, 1.82) is 0 Å². The van der Waals surface area contributed by atoms with Gasteiger partial charge in [-0.25, -0.2) is 0 Å². The lowest BCUT2D eigenvalue weighted by Gasteiger charge is -2.05. The van der Waals surface area contributed by atoms with E-state index in [1.165, 1.54) is 48.1 Å². The average molecular weight is 248 g/mol. The molecule has 0 bridgehead atoms. The van der Waals surface area contributed by atoms with Crippen molar-refractivity contribution in [3.8, 4) is 0 Å². The maximum atomic E-state index is 2.31. The van der Waals surface area contributed by atoms with Crippen molar-refractivity contribution in [2.24, 2.45) is 0 Å². The highest BCUT2D eigenvalue weighted by Crippen LogP contribution is 2.27. The highest BCUT2D eigenvalue weighted by molar-refractivity contribution is 8.02. The molecule has 0 N–H and O–H groups in total. The first kappa shape index (κ1) is 14.4. The van der Waals surface area contributed by atoms with E-state index in [1.54, 1.807) is 0 Å². The summed E-state index contributed by atoms with van der Waals surface area (Å²) in [6.07, 6.45) is 8.93. The third kappa shape index (κ3) is 5.45. The highest BCUT2D eigenvalue weighted by atomic mass is 32.2. The van der Waals surface area contributed by atoms with Crippen molar-refractivity contribution in [2.75, 3.05) is 0 Å². The summed E-state index contributed by atoms with van der Waals surface area (Å²) < 4.78 is 0. The second-order valence-corrected chi connectivity index (χ2v) is 5.48. The van der Waals surface area contributed by atoms with Gasteiger partial charge in [0.05, 0.1) is 0 Å². The summed E-state index contributed by atoms with van der Waals surface area (Å²) in [5.74, 6) is 0. The average Bonchev–Trinajstić information content (AvgIpc) is 2.31. The fourth-order valence-corrected chi connectivity index (χ4v) is 2.73. The van der Waals surface area contributed by atoms with E-state index in [9.17, 15) is 0 Å². The van der Waals surface area contributed by atoms with Gasteiger partial charge in [-0.15, -0.1) is 0 Å². The topological polar surface area (TPSA) is 0 Å². The largest absolute Gasteiger partial charge is 0.0979 e. The Morgan fingerprint density at radius 2 is 1.76 bits per heavy atom. The summed E-state index contributed by atoms with van der Waals surface area (Å²) in [5, 5.41) is 2.25. The first-order valence-corrected chi connectivity index (χ1v) is 7.51. The Labute approximate surface area is 111 Å². The van der Waals surface area contributed by atoms with E-state index in [2.05, 4.69) is 50.5 Å². The molecule has 0 nitrogen and oxygen atoms in total. The number of hydrogen-bond acceptors (Lipinski definition) is 1. The molecule has 0 spiro atoms. The number of allylic oxidation sites excluding steroid dienone is 1. The molecule has 0 unspecified atom stereocenters. The molecule has 1 heteroatoms. The van der Waals surface area contributed by atoms with Gasteiger partial charge >= 0.3 is 0 Å². The molecule has 94 valence electrons. The van der Waals surface area contributed by atoms with Crippen molar-refractivity contribution >= 4 is 11.8 Å². The summed E-state index contributed by atoms with van der Waals surface area (Å²) in [6, 6.07) is 6.50. The Hall–Kier alpha value is -0.690. The van der Waals surface area contributed by atoms with Crippen molar-refractivity contribution in [3.05, 3.63) is 40.8 Å². The van der Waals surface area contributed by atoms with Gasteiger partial charge in [0.15, 0.2) is 0 Å². The minimum Gasteiger partial charge on any atom is -0.0979 e. The molecule has 0 aliphatic heterocycles. The number of unbranched alkanes of at least 4 members (excludes halogenated alkanes) is 4. The van der Waals surface area contributed by atoms with Gasteiger partial charge in [-0.2, -0.15) is 0 Å². The maximum Gasteiger partial charge on any atom is 0.0174 e. The molecule has 0 heterocycles. The smallest absolute Gasteiger partial charge is 0.0174 e. The molecule has 0 fully saturated rings. The lowest BCUT2D eigenvalue weighted by molar-refractivity contribution is 0.675. The summed E-state index contributed by atoms with van der Waals surface area (Å²) >= 11 is 1.86. The van der Waals surface area contributed by atoms with Crippen molar-refractivity contribution in [2.45, 2.75) is 57.8 Å². The highest BCUT2D eigenvalue weighted by Gasteiger charge is 1.99. The summed E-state index contributed by atoms with van der Waals surface area (Å²) in [7, 11) is 0. The lowest BCUT2D eigenvalue weighted by atomic mass is 10.2. The van der Waals surface area contributed by atoms with E-state index in [4.69, 9.17) is 0 Å². The van der Waals surface area contributed by atoms with Crippen LogP contribution in [0.1, 0.15) is 50.2 Å². The van der Waals surface area contributed by atoms with Gasteiger partial charge in [0.25, 0.3) is 0 Å². The van der Waals surface area contributed by atoms with Crippen LogP contribution in [-0.4, -0.2) is 0 Å². The monoisotopic (exact) mass is 248 g/mol.